The lowest BCUT2D eigenvalue weighted by Crippen LogP contribution is -2.31. The molecule has 0 aliphatic carbocycles. The molecule has 0 radical (unpaired) electrons. The number of carbonyl (C=O) groups excluding carboxylic acids is 1. The first-order valence-electron chi connectivity index (χ1n) is 6.61. The molecule has 2 unspecified atom stereocenters. The molecule has 0 aliphatic heterocycles. The van der Waals surface area contributed by atoms with Crippen LogP contribution in [0.3, 0.4) is 0 Å². The molecular weight excluding hydrogens is 306 g/mol. The minimum absolute atomic E-state index is 0.0646. The van der Waals surface area contributed by atoms with Crippen molar-refractivity contribution < 1.29 is 19.0 Å². The fourth-order valence-electron chi connectivity index (χ4n) is 1.66. The van der Waals surface area contributed by atoms with E-state index in [-0.39, 0.29) is 11.2 Å². The van der Waals surface area contributed by atoms with Gasteiger partial charge in [-0.2, -0.15) is 15.2 Å². The Morgan fingerprint density at radius 3 is 2.18 bits per heavy atom. The second kappa shape index (κ2) is 8.44. The molecule has 1 heterocycles. The van der Waals surface area contributed by atoms with E-state index in [1.165, 1.54) is 32.9 Å². The number of nitrogens with zero attached hydrogens (tertiary/aromatic N) is 3. The summed E-state index contributed by atoms with van der Waals surface area (Å²) in [7, 11) is 2.99. The van der Waals surface area contributed by atoms with Gasteiger partial charge in [-0.1, -0.05) is 25.6 Å². The maximum atomic E-state index is 11.1. The van der Waals surface area contributed by atoms with Crippen LogP contribution in [0.1, 0.15) is 20.8 Å². The van der Waals surface area contributed by atoms with Crippen LogP contribution in [0.25, 0.3) is 0 Å². The van der Waals surface area contributed by atoms with E-state index in [1.807, 2.05) is 19.9 Å². The third kappa shape index (κ3) is 5.07. The number of nitriles is 1. The van der Waals surface area contributed by atoms with Gasteiger partial charge in [-0.25, -0.2) is 0 Å². The van der Waals surface area contributed by atoms with Crippen molar-refractivity contribution in [3.05, 3.63) is 6.07 Å². The third-order valence-electron chi connectivity index (χ3n) is 2.69. The van der Waals surface area contributed by atoms with Crippen molar-refractivity contribution in [3.63, 3.8) is 0 Å². The number of esters is 1. The first-order chi connectivity index (χ1) is 10.4. The van der Waals surface area contributed by atoms with Crippen molar-refractivity contribution in [1.82, 2.24) is 9.97 Å². The lowest BCUT2D eigenvalue weighted by Gasteiger charge is -2.23. The van der Waals surface area contributed by atoms with E-state index in [0.29, 0.717) is 16.9 Å². The summed E-state index contributed by atoms with van der Waals surface area (Å²) < 4.78 is 15.3. The average Bonchev–Trinajstić information content (AvgIpc) is 2.49. The molecule has 0 saturated carbocycles. The first kappa shape index (κ1) is 18.0. The van der Waals surface area contributed by atoms with Crippen molar-refractivity contribution in [2.75, 3.05) is 14.2 Å². The minimum atomic E-state index is -0.886. The standard InChI is InChI=1S/C14H19N3O4S/c1-8(2)13(10(7-15)21-9(3)18)22-14-16-11(19-4)6-12(17-14)20-5/h6,8,10,13H,1-5H3. The van der Waals surface area contributed by atoms with Crippen LogP contribution in [0.5, 0.6) is 11.8 Å². The predicted molar refractivity (Wildman–Crippen MR) is 80.8 cm³/mol. The Balaban J connectivity index is 3.05. The molecule has 0 amide bonds. The van der Waals surface area contributed by atoms with Gasteiger partial charge in [0.2, 0.25) is 11.8 Å². The molecule has 1 rings (SSSR count). The van der Waals surface area contributed by atoms with Crippen molar-refractivity contribution in [3.8, 4) is 17.8 Å². The molecule has 8 heteroatoms. The monoisotopic (exact) mass is 325 g/mol. The topological polar surface area (TPSA) is 94.3 Å². The summed E-state index contributed by atoms with van der Waals surface area (Å²) in [6, 6.07) is 3.57. The molecule has 22 heavy (non-hydrogen) atoms. The first-order valence-corrected chi connectivity index (χ1v) is 7.49. The van der Waals surface area contributed by atoms with E-state index in [2.05, 4.69) is 9.97 Å². The highest BCUT2D eigenvalue weighted by Crippen LogP contribution is 2.31. The van der Waals surface area contributed by atoms with E-state index in [0.717, 1.165) is 0 Å². The summed E-state index contributed by atoms with van der Waals surface area (Å²) in [5.41, 5.74) is 0. The highest BCUT2D eigenvalue weighted by atomic mass is 32.2. The van der Waals surface area contributed by atoms with Gasteiger partial charge in [-0.15, -0.1) is 0 Å². The zero-order chi connectivity index (χ0) is 16.7. The molecule has 1 aromatic heterocycles. The number of hydrogen-bond donors (Lipinski definition) is 0. The van der Waals surface area contributed by atoms with Crippen LogP contribution in [0.15, 0.2) is 11.2 Å². The van der Waals surface area contributed by atoms with Crippen molar-refractivity contribution in [2.45, 2.75) is 37.3 Å². The molecule has 0 saturated heterocycles. The van der Waals surface area contributed by atoms with Crippen LogP contribution in [0, 0.1) is 17.2 Å². The summed E-state index contributed by atoms with van der Waals surface area (Å²) in [6.45, 7) is 5.14. The Labute approximate surface area is 134 Å². The summed E-state index contributed by atoms with van der Waals surface area (Å²) in [4.78, 5) is 19.6. The molecule has 0 N–H and O–H groups in total. The summed E-state index contributed by atoms with van der Waals surface area (Å²) >= 11 is 1.25. The second-order valence-corrected chi connectivity index (χ2v) is 5.87. The van der Waals surface area contributed by atoms with Gasteiger partial charge in [0.1, 0.15) is 6.07 Å². The maximum absolute atomic E-state index is 11.1. The largest absolute Gasteiger partial charge is 0.481 e. The molecular formula is C14H19N3O4S. The van der Waals surface area contributed by atoms with Gasteiger partial charge in [-0.05, 0) is 5.92 Å². The number of rotatable bonds is 7. The zero-order valence-electron chi connectivity index (χ0n) is 13.2. The zero-order valence-corrected chi connectivity index (χ0v) is 14.0. The van der Waals surface area contributed by atoms with Crippen LogP contribution in [-0.4, -0.2) is 41.5 Å². The summed E-state index contributed by atoms with van der Waals surface area (Å²) in [6.07, 6.45) is -0.886. The Kier molecular flexibility index (Phi) is 6.92. The lowest BCUT2D eigenvalue weighted by atomic mass is 10.1. The quantitative estimate of drug-likeness (QED) is 0.427. The molecule has 0 bridgehead atoms. The van der Waals surface area contributed by atoms with E-state index in [1.54, 1.807) is 6.07 Å². The summed E-state index contributed by atoms with van der Waals surface area (Å²) in [5, 5.41) is 9.32. The Morgan fingerprint density at radius 1 is 1.27 bits per heavy atom. The number of aromatic nitrogens is 2. The second-order valence-electron chi connectivity index (χ2n) is 4.72. The van der Waals surface area contributed by atoms with E-state index >= 15 is 0 Å². The van der Waals surface area contributed by atoms with Crippen LogP contribution in [-0.2, 0) is 9.53 Å². The highest BCUT2D eigenvalue weighted by molar-refractivity contribution is 7.99. The number of carbonyl (C=O) groups is 1. The number of ether oxygens (including phenoxy) is 3. The van der Waals surface area contributed by atoms with Crippen LogP contribution in [0.4, 0.5) is 0 Å². The van der Waals surface area contributed by atoms with Gasteiger partial charge in [0.05, 0.1) is 25.5 Å². The van der Waals surface area contributed by atoms with Crippen molar-refractivity contribution in [1.29, 1.82) is 5.26 Å². The minimum Gasteiger partial charge on any atom is -0.481 e. The Hall–Kier alpha value is -2.01. The number of methoxy groups -OCH3 is 2. The van der Waals surface area contributed by atoms with Gasteiger partial charge in [0.25, 0.3) is 0 Å². The van der Waals surface area contributed by atoms with Gasteiger partial charge < -0.3 is 14.2 Å². The van der Waals surface area contributed by atoms with Crippen LogP contribution in [0.2, 0.25) is 0 Å². The predicted octanol–water partition coefficient (Wildman–Crippen LogP) is 2.07. The molecule has 120 valence electrons. The average molecular weight is 325 g/mol. The molecule has 7 nitrogen and oxygen atoms in total. The van der Waals surface area contributed by atoms with Gasteiger partial charge in [0, 0.05) is 6.92 Å². The normalized spacial score (nSPS) is 13.1. The SMILES string of the molecule is COc1cc(OC)nc(SC(C(C)C)C(C#N)OC(C)=O)n1. The fraction of sp³-hybridized carbons (Fsp3) is 0.571. The third-order valence-corrected chi connectivity index (χ3v) is 4.15. The van der Waals surface area contributed by atoms with E-state index in [4.69, 9.17) is 14.2 Å². The van der Waals surface area contributed by atoms with Gasteiger partial charge in [0.15, 0.2) is 11.3 Å². The van der Waals surface area contributed by atoms with Crippen LogP contribution >= 0.6 is 11.8 Å². The number of thioether (sulfide) groups is 1. The van der Waals surface area contributed by atoms with Crippen molar-refractivity contribution in [2.24, 2.45) is 5.92 Å². The summed E-state index contributed by atoms with van der Waals surface area (Å²) in [5.74, 6) is 0.285. The van der Waals surface area contributed by atoms with E-state index < -0.39 is 12.1 Å². The molecule has 0 aliphatic rings. The van der Waals surface area contributed by atoms with Gasteiger partial charge in [-0.3, -0.25) is 4.79 Å². The van der Waals surface area contributed by atoms with Gasteiger partial charge >= 0.3 is 5.97 Å². The molecule has 1 aromatic rings. The van der Waals surface area contributed by atoms with E-state index in [9.17, 15) is 10.1 Å². The van der Waals surface area contributed by atoms with Crippen molar-refractivity contribution >= 4 is 17.7 Å². The van der Waals surface area contributed by atoms with Crippen LogP contribution < -0.4 is 9.47 Å². The lowest BCUT2D eigenvalue weighted by molar-refractivity contribution is -0.144. The molecule has 0 spiro atoms. The molecule has 2 atom stereocenters. The molecule has 0 aromatic carbocycles. The Bertz CT molecular complexity index is 537. The highest BCUT2D eigenvalue weighted by Gasteiger charge is 2.29. The smallest absolute Gasteiger partial charge is 0.303 e. The molecule has 0 fully saturated rings. The number of hydrogen-bond acceptors (Lipinski definition) is 8. The fourth-order valence-corrected chi connectivity index (χ4v) is 2.70. The Morgan fingerprint density at radius 2 is 1.82 bits per heavy atom. The maximum Gasteiger partial charge on any atom is 0.303 e.